The average molecular weight is 499 g/mol. The van der Waals surface area contributed by atoms with Crippen molar-refractivity contribution in [2.45, 2.75) is 18.8 Å². The van der Waals surface area contributed by atoms with Crippen molar-refractivity contribution in [2.75, 3.05) is 13.2 Å². The molecule has 10 heteroatoms. The van der Waals surface area contributed by atoms with Gasteiger partial charge in [0.2, 0.25) is 0 Å². The van der Waals surface area contributed by atoms with E-state index in [0.29, 0.717) is 16.8 Å². The molecule has 186 valence electrons. The Morgan fingerprint density at radius 3 is 2.53 bits per heavy atom. The molecule has 1 amide bonds. The van der Waals surface area contributed by atoms with E-state index in [0.717, 1.165) is 6.07 Å². The van der Waals surface area contributed by atoms with E-state index in [1.807, 2.05) is 0 Å². The molecule has 4 rings (SSSR count). The third-order valence-corrected chi connectivity index (χ3v) is 5.44. The van der Waals surface area contributed by atoms with Gasteiger partial charge >= 0.3 is 6.36 Å². The van der Waals surface area contributed by atoms with Crippen LogP contribution in [0.4, 0.5) is 17.6 Å². The third kappa shape index (κ3) is 6.14. The first-order valence-electron chi connectivity index (χ1n) is 10.9. The number of ether oxygens (including phenoxy) is 1. The van der Waals surface area contributed by atoms with Gasteiger partial charge in [-0.05, 0) is 53.6 Å². The van der Waals surface area contributed by atoms with Gasteiger partial charge in [-0.25, -0.2) is 4.39 Å². The minimum atomic E-state index is -5.00. The van der Waals surface area contributed by atoms with E-state index in [1.54, 1.807) is 30.5 Å². The molecule has 1 aliphatic heterocycles. The van der Waals surface area contributed by atoms with Crippen LogP contribution < -0.4 is 10.1 Å². The highest BCUT2D eigenvalue weighted by Gasteiger charge is 2.34. The van der Waals surface area contributed by atoms with Gasteiger partial charge in [0, 0.05) is 18.3 Å². The quantitative estimate of drug-likeness (QED) is 0.452. The molecule has 6 nitrogen and oxygen atoms in total. The number of carbonyl (C=O) groups is 1. The normalized spacial score (nSPS) is 14.1. The second-order valence-corrected chi connectivity index (χ2v) is 7.98. The second-order valence-electron chi connectivity index (χ2n) is 7.98. The fourth-order valence-corrected chi connectivity index (χ4v) is 3.81. The number of aromatic nitrogens is 1. The van der Waals surface area contributed by atoms with Crippen molar-refractivity contribution < 1.29 is 32.2 Å². The van der Waals surface area contributed by atoms with E-state index < -0.39 is 36.5 Å². The molecular weight excluding hydrogens is 478 g/mol. The summed E-state index contributed by atoms with van der Waals surface area (Å²) in [4.78, 5) is 21.7. The first-order chi connectivity index (χ1) is 17.2. The lowest BCUT2D eigenvalue weighted by atomic mass is 9.98. The molecule has 2 N–H and O–H groups in total. The first-order valence-corrected chi connectivity index (χ1v) is 10.9. The number of nitrogens with zero attached hydrogens (tertiary/aromatic N) is 2. The molecule has 0 aliphatic carbocycles. The smallest absolute Gasteiger partial charge is 0.405 e. The number of aliphatic hydroxyl groups excluding tert-OH is 1. The van der Waals surface area contributed by atoms with Gasteiger partial charge in [-0.2, -0.15) is 0 Å². The molecule has 2 aromatic carbocycles. The minimum absolute atomic E-state index is 0.105. The van der Waals surface area contributed by atoms with E-state index in [4.69, 9.17) is 0 Å². The van der Waals surface area contributed by atoms with E-state index in [1.165, 1.54) is 36.4 Å². The van der Waals surface area contributed by atoms with Crippen LogP contribution in [-0.4, -0.2) is 47.3 Å². The maximum absolute atomic E-state index is 13.3. The zero-order valence-electron chi connectivity index (χ0n) is 18.8. The van der Waals surface area contributed by atoms with Crippen molar-refractivity contribution in [3.8, 4) is 5.75 Å². The van der Waals surface area contributed by atoms with Crippen molar-refractivity contribution in [3.63, 3.8) is 0 Å². The molecule has 36 heavy (non-hydrogen) atoms. The second kappa shape index (κ2) is 10.7. The Morgan fingerprint density at radius 2 is 1.86 bits per heavy atom. The molecule has 0 unspecified atom stereocenters. The van der Waals surface area contributed by atoms with Crippen LogP contribution in [0.3, 0.4) is 0 Å². The van der Waals surface area contributed by atoms with E-state index in [2.05, 4.69) is 20.0 Å². The average Bonchev–Trinajstić information content (AvgIpc) is 3.33. The minimum Gasteiger partial charge on any atom is -0.405 e. The van der Waals surface area contributed by atoms with Gasteiger partial charge in [0.05, 0.1) is 36.0 Å². The number of halogens is 4. The maximum Gasteiger partial charge on any atom is 0.573 e. The lowest BCUT2D eigenvalue weighted by molar-refractivity contribution is -0.274. The Bertz CT molecular complexity index is 1290. The number of aliphatic imine (C=N–C) groups is 1. The highest BCUT2D eigenvalue weighted by molar-refractivity contribution is 6.20. The number of benzene rings is 2. The van der Waals surface area contributed by atoms with Crippen molar-refractivity contribution in [3.05, 3.63) is 101 Å². The number of aliphatic hydroxyl groups is 1. The number of hydrogen-bond donors (Lipinski definition) is 2. The van der Waals surface area contributed by atoms with E-state index >= 15 is 0 Å². The molecule has 0 saturated carbocycles. The highest BCUT2D eigenvalue weighted by Crippen LogP contribution is 2.32. The molecule has 3 aromatic rings. The third-order valence-electron chi connectivity index (χ3n) is 5.44. The van der Waals surface area contributed by atoms with Gasteiger partial charge < -0.3 is 15.2 Å². The molecule has 0 saturated heterocycles. The number of pyridine rings is 1. The summed E-state index contributed by atoms with van der Waals surface area (Å²) < 4.78 is 57.0. The predicted molar refractivity (Wildman–Crippen MR) is 125 cm³/mol. The van der Waals surface area contributed by atoms with Crippen LogP contribution in [0, 0.1) is 5.82 Å². The van der Waals surface area contributed by atoms with E-state index in [-0.39, 0.29) is 29.8 Å². The summed E-state index contributed by atoms with van der Waals surface area (Å²) in [5.41, 5.74) is 1.78. The predicted octanol–water partition coefficient (Wildman–Crippen LogP) is 4.34. The Kier molecular flexibility index (Phi) is 7.44. The van der Waals surface area contributed by atoms with Gasteiger partial charge in [0.15, 0.2) is 0 Å². The Hall–Kier alpha value is -4.05. The largest absolute Gasteiger partial charge is 0.573 e. The van der Waals surface area contributed by atoms with Crippen LogP contribution in [0.25, 0.3) is 5.57 Å². The van der Waals surface area contributed by atoms with Crippen molar-refractivity contribution in [1.29, 1.82) is 0 Å². The molecule has 0 fully saturated rings. The van der Waals surface area contributed by atoms with Gasteiger partial charge in [0.1, 0.15) is 11.6 Å². The van der Waals surface area contributed by atoms with Crippen LogP contribution in [0.15, 0.2) is 77.9 Å². The summed E-state index contributed by atoms with van der Waals surface area (Å²) in [6.45, 7) is -0.284. The van der Waals surface area contributed by atoms with E-state index in [9.17, 15) is 27.5 Å². The lowest BCUT2D eigenvalue weighted by Crippen LogP contribution is -2.40. The maximum atomic E-state index is 13.3. The summed E-state index contributed by atoms with van der Waals surface area (Å²) in [5.74, 6) is -1.72. The Morgan fingerprint density at radius 1 is 1.08 bits per heavy atom. The fourth-order valence-electron chi connectivity index (χ4n) is 3.81. The topological polar surface area (TPSA) is 83.8 Å². The molecule has 2 heterocycles. The number of nitrogens with one attached hydrogen (secondary N) is 1. The number of amides is 1. The van der Waals surface area contributed by atoms with Crippen molar-refractivity contribution in [2.24, 2.45) is 4.99 Å². The number of rotatable bonds is 8. The Labute approximate surface area is 204 Å². The molecular formula is C26H21F4N3O3. The number of hydrogen-bond acceptors (Lipinski definition) is 5. The van der Waals surface area contributed by atoms with Gasteiger partial charge in [-0.15, -0.1) is 13.2 Å². The molecule has 0 bridgehead atoms. The number of carbonyl (C=O) groups excluding carboxylic acids is 1. The molecule has 1 aromatic heterocycles. The van der Waals surface area contributed by atoms with Gasteiger partial charge in [0.25, 0.3) is 5.91 Å². The zero-order chi connectivity index (χ0) is 25.7. The standard InChI is InChI=1S/C26H21F4N3O3/c27-18-9-7-16(8-10-18)17-12-22(32-14-17)24-21(5-3-6-23(24)36-26(28,29)30)25(35)33-20(15-34)13-19-4-1-2-11-31-19/h1-12,20,34H,13-15H2,(H,33,35)/t20-/m1/s1. The summed E-state index contributed by atoms with van der Waals surface area (Å²) in [7, 11) is 0. The molecule has 0 radical (unpaired) electrons. The molecule has 0 spiro atoms. The molecule has 1 aliphatic rings. The lowest BCUT2D eigenvalue weighted by Gasteiger charge is -2.19. The first kappa shape index (κ1) is 25.1. The van der Waals surface area contributed by atoms with Crippen LogP contribution in [-0.2, 0) is 6.42 Å². The number of alkyl halides is 3. The monoisotopic (exact) mass is 499 g/mol. The van der Waals surface area contributed by atoms with Gasteiger partial charge in [-0.3, -0.25) is 14.8 Å². The van der Waals surface area contributed by atoms with Crippen LogP contribution in [0.2, 0.25) is 0 Å². The Balaban J connectivity index is 1.67. The summed E-state index contributed by atoms with van der Waals surface area (Å²) in [5, 5.41) is 12.4. The number of allylic oxidation sites excluding steroid dienone is 1. The van der Waals surface area contributed by atoms with Gasteiger partial charge in [-0.1, -0.05) is 24.3 Å². The van der Waals surface area contributed by atoms with Crippen molar-refractivity contribution >= 4 is 17.2 Å². The van der Waals surface area contributed by atoms with Crippen LogP contribution >= 0.6 is 0 Å². The van der Waals surface area contributed by atoms with Crippen LogP contribution in [0.1, 0.15) is 27.2 Å². The highest BCUT2D eigenvalue weighted by atomic mass is 19.4. The SMILES string of the molecule is O=C(N[C@@H](CO)Cc1ccccn1)c1cccc(OC(F)(F)F)c1C1=NCC(c2ccc(F)cc2)=C1. The summed E-state index contributed by atoms with van der Waals surface area (Å²) in [6.07, 6.45) is -1.67. The zero-order valence-corrected chi connectivity index (χ0v) is 18.8. The summed E-state index contributed by atoms with van der Waals surface area (Å²) >= 11 is 0. The summed E-state index contributed by atoms with van der Waals surface area (Å²) in [6, 6.07) is 13.8. The van der Waals surface area contributed by atoms with Crippen molar-refractivity contribution in [1.82, 2.24) is 10.3 Å². The molecule has 1 atom stereocenters. The fraction of sp³-hybridized carbons (Fsp3) is 0.192. The van der Waals surface area contributed by atoms with Crippen LogP contribution in [0.5, 0.6) is 5.75 Å².